The van der Waals surface area contributed by atoms with Gasteiger partial charge in [0, 0.05) is 19.1 Å². The van der Waals surface area contributed by atoms with Crippen LogP contribution in [0.3, 0.4) is 0 Å². The van der Waals surface area contributed by atoms with Gasteiger partial charge in [-0.05, 0) is 51.3 Å². The Morgan fingerprint density at radius 3 is 2.74 bits per heavy atom. The molecule has 1 saturated heterocycles. The molecule has 150 valence electrons. The molecule has 1 N–H and O–H groups in total. The van der Waals surface area contributed by atoms with E-state index in [1.165, 1.54) is 35.5 Å². The Labute approximate surface area is 161 Å². The molecule has 0 saturated carbocycles. The van der Waals surface area contributed by atoms with Crippen molar-refractivity contribution >= 4 is 21.9 Å². The number of benzene rings is 1. The molecule has 8 heteroatoms. The number of carbonyl (C=O) groups excluding carboxylic acids is 2. The number of ether oxygens (including phenoxy) is 1. The van der Waals surface area contributed by atoms with Gasteiger partial charge in [-0.15, -0.1) is 0 Å². The molecule has 1 fully saturated rings. The normalized spacial score (nSPS) is 19.3. The summed E-state index contributed by atoms with van der Waals surface area (Å²) in [6.07, 6.45) is 2.49. The van der Waals surface area contributed by atoms with Gasteiger partial charge in [0.2, 0.25) is 10.0 Å². The topological polar surface area (TPSA) is 92.8 Å². The summed E-state index contributed by atoms with van der Waals surface area (Å²) in [5.41, 5.74) is 0.107. The van der Waals surface area contributed by atoms with Gasteiger partial charge in [-0.3, -0.25) is 4.79 Å². The lowest BCUT2D eigenvalue weighted by molar-refractivity contribution is -0.129. The molecule has 0 bridgehead atoms. The van der Waals surface area contributed by atoms with E-state index in [2.05, 4.69) is 5.32 Å². The second-order valence-electron chi connectivity index (χ2n) is 6.83. The Hall–Kier alpha value is -1.93. The third-order valence-corrected chi connectivity index (χ3v) is 6.63. The molecule has 0 aromatic heterocycles. The number of hydrogen-bond acceptors (Lipinski definition) is 5. The predicted molar refractivity (Wildman–Crippen MR) is 102 cm³/mol. The zero-order chi connectivity index (χ0) is 20.0. The largest absolute Gasteiger partial charge is 0.449 e. The molecule has 2 atom stereocenters. The highest BCUT2D eigenvalue weighted by Gasteiger charge is 2.31. The van der Waals surface area contributed by atoms with Crippen LogP contribution in [0.4, 0.5) is 0 Å². The number of esters is 1. The molecular formula is C19H28N2O5S. The number of nitrogens with one attached hydrogen (secondary N) is 1. The van der Waals surface area contributed by atoms with Crippen molar-refractivity contribution in [3.05, 3.63) is 29.8 Å². The maximum Gasteiger partial charge on any atom is 0.338 e. The van der Waals surface area contributed by atoms with E-state index in [4.69, 9.17) is 4.74 Å². The lowest BCUT2D eigenvalue weighted by atomic mass is 10.1. The molecular weight excluding hydrogens is 368 g/mol. The van der Waals surface area contributed by atoms with Crippen LogP contribution in [0.25, 0.3) is 0 Å². The molecule has 1 aromatic rings. The molecule has 7 nitrogen and oxygen atoms in total. The highest BCUT2D eigenvalue weighted by atomic mass is 32.2. The van der Waals surface area contributed by atoms with Gasteiger partial charge in [-0.25, -0.2) is 13.2 Å². The smallest absolute Gasteiger partial charge is 0.338 e. The van der Waals surface area contributed by atoms with Crippen LogP contribution in [-0.4, -0.2) is 49.8 Å². The fourth-order valence-corrected chi connectivity index (χ4v) is 4.77. The zero-order valence-corrected chi connectivity index (χ0v) is 16.9. The van der Waals surface area contributed by atoms with E-state index in [-0.39, 0.29) is 22.4 Å². The van der Waals surface area contributed by atoms with Crippen LogP contribution in [0.2, 0.25) is 0 Å². The highest BCUT2D eigenvalue weighted by molar-refractivity contribution is 7.89. The number of piperidine rings is 1. The van der Waals surface area contributed by atoms with Crippen molar-refractivity contribution in [1.82, 2.24) is 9.62 Å². The first-order valence-electron chi connectivity index (χ1n) is 9.38. The molecule has 0 unspecified atom stereocenters. The Morgan fingerprint density at radius 1 is 1.33 bits per heavy atom. The van der Waals surface area contributed by atoms with Gasteiger partial charge in [0.15, 0.2) is 6.10 Å². The van der Waals surface area contributed by atoms with Crippen LogP contribution >= 0.6 is 0 Å². The van der Waals surface area contributed by atoms with Gasteiger partial charge in [0.1, 0.15) is 0 Å². The Bertz CT molecular complexity index is 778. The summed E-state index contributed by atoms with van der Waals surface area (Å²) < 4.78 is 32.5. The van der Waals surface area contributed by atoms with Crippen molar-refractivity contribution in [3.8, 4) is 0 Å². The van der Waals surface area contributed by atoms with E-state index in [9.17, 15) is 18.0 Å². The van der Waals surface area contributed by atoms with Crippen LogP contribution < -0.4 is 5.32 Å². The summed E-state index contributed by atoms with van der Waals surface area (Å²) in [7, 11) is -3.68. The van der Waals surface area contributed by atoms with Gasteiger partial charge in [0.25, 0.3) is 5.91 Å². The lowest BCUT2D eigenvalue weighted by Gasteiger charge is -2.32. The highest BCUT2D eigenvalue weighted by Crippen LogP contribution is 2.25. The van der Waals surface area contributed by atoms with Gasteiger partial charge in [0.05, 0.1) is 10.5 Å². The lowest BCUT2D eigenvalue weighted by Crippen LogP contribution is -2.42. The maximum atomic E-state index is 12.9. The SMILES string of the molecule is CCCNC(=O)[C@@H](C)OC(=O)c1cccc(S(=O)(=O)N2CCCC[C@@H]2C)c1. The standard InChI is InChI=1S/C19H28N2O5S/c1-4-11-20-18(22)15(3)26-19(23)16-9-7-10-17(13-16)27(24,25)21-12-6-5-8-14(21)2/h7,9-10,13-15H,4-6,8,11-12H2,1-3H3,(H,20,22)/t14-,15+/m0/s1. The molecule has 2 rings (SSSR count). The molecule has 0 radical (unpaired) electrons. The third-order valence-electron chi connectivity index (χ3n) is 4.62. The van der Waals surface area contributed by atoms with Crippen LogP contribution in [0.5, 0.6) is 0 Å². The number of nitrogens with zero attached hydrogens (tertiary/aromatic N) is 1. The van der Waals surface area contributed by atoms with Gasteiger partial charge >= 0.3 is 5.97 Å². The summed E-state index contributed by atoms with van der Waals surface area (Å²) in [4.78, 5) is 24.3. The van der Waals surface area contributed by atoms with E-state index in [0.717, 1.165) is 25.7 Å². The van der Waals surface area contributed by atoms with Crippen molar-refractivity contribution < 1.29 is 22.7 Å². The molecule has 1 heterocycles. The Balaban J connectivity index is 2.14. The molecule has 0 spiro atoms. The molecule has 1 aliphatic rings. The van der Waals surface area contributed by atoms with Gasteiger partial charge in [-0.2, -0.15) is 4.31 Å². The first-order chi connectivity index (χ1) is 12.8. The van der Waals surface area contributed by atoms with Crippen LogP contribution in [0.1, 0.15) is 56.8 Å². The summed E-state index contributed by atoms with van der Waals surface area (Å²) in [5, 5.41) is 2.65. The summed E-state index contributed by atoms with van der Waals surface area (Å²) >= 11 is 0. The average molecular weight is 397 g/mol. The van der Waals surface area contributed by atoms with E-state index < -0.39 is 22.1 Å². The first kappa shape index (κ1) is 21.4. The number of amides is 1. The minimum absolute atomic E-state index is 0.0637. The quantitative estimate of drug-likeness (QED) is 0.714. The van der Waals surface area contributed by atoms with Gasteiger partial charge in [-0.1, -0.05) is 19.4 Å². The predicted octanol–water partition coefficient (Wildman–Crippen LogP) is 2.32. The van der Waals surface area contributed by atoms with Crippen molar-refractivity contribution in [2.75, 3.05) is 13.1 Å². The Kier molecular flexibility index (Phi) is 7.38. The minimum atomic E-state index is -3.68. The maximum absolute atomic E-state index is 12.9. The van der Waals surface area contributed by atoms with E-state index in [0.29, 0.717) is 13.1 Å². The minimum Gasteiger partial charge on any atom is -0.449 e. The van der Waals surface area contributed by atoms with Gasteiger partial charge < -0.3 is 10.1 Å². The molecule has 0 aliphatic carbocycles. The number of carbonyl (C=O) groups is 2. The first-order valence-corrected chi connectivity index (χ1v) is 10.8. The van der Waals surface area contributed by atoms with Crippen LogP contribution in [0, 0.1) is 0 Å². The van der Waals surface area contributed by atoms with E-state index in [1.807, 2.05) is 13.8 Å². The monoisotopic (exact) mass is 396 g/mol. The second kappa shape index (κ2) is 9.32. The van der Waals surface area contributed by atoms with Crippen molar-refractivity contribution in [2.45, 2.75) is 63.5 Å². The average Bonchev–Trinajstić information content (AvgIpc) is 2.66. The summed E-state index contributed by atoms with van der Waals surface area (Å²) in [5.74, 6) is -1.10. The molecule has 27 heavy (non-hydrogen) atoms. The van der Waals surface area contributed by atoms with Crippen molar-refractivity contribution in [1.29, 1.82) is 0 Å². The molecule has 1 aromatic carbocycles. The number of hydrogen-bond donors (Lipinski definition) is 1. The summed E-state index contributed by atoms with van der Waals surface area (Å²) in [6.45, 7) is 6.28. The third kappa shape index (κ3) is 5.29. The van der Waals surface area contributed by atoms with Crippen molar-refractivity contribution in [2.24, 2.45) is 0 Å². The second-order valence-corrected chi connectivity index (χ2v) is 8.72. The fraction of sp³-hybridized carbons (Fsp3) is 0.579. The van der Waals surface area contributed by atoms with Crippen LogP contribution in [0.15, 0.2) is 29.2 Å². The Morgan fingerprint density at radius 2 is 2.07 bits per heavy atom. The van der Waals surface area contributed by atoms with Crippen LogP contribution in [-0.2, 0) is 19.6 Å². The number of rotatable bonds is 7. The van der Waals surface area contributed by atoms with E-state index in [1.54, 1.807) is 0 Å². The van der Waals surface area contributed by atoms with Crippen molar-refractivity contribution in [3.63, 3.8) is 0 Å². The molecule has 1 amide bonds. The fourth-order valence-electron chi connectivity index (χ4n) is 3.02. The number of sulfonamides is 1. The molecule has 1 aliphatic heterocycles. The van der Waals surface area contributed by atoms with E-state index >= 15 is 0 Å². The summed E-state index contributed by atoms with van der Waals surface area (Å²) in [6, 6.07) is 5.72. The zero-order valence-electron chi connectivity index (χ0n) is 16.1.